The summed E-state index contributed by atoms with van der Waals surface area (Å²) in [4.78, 5) is 35.4. The Bertz CT molecular complexity index is 1080. The van der Waals surface area contributed by atoms with Crippen LogP contribution in [0.2, 0.25) is 0 Å². The van der Waals surface area contributed by atoms with Crippen LogP contribution in [-0.4, -0.2) is 31.7 Å². The number of amides is 1. The van der Waals surface area contributed by atoms with Gasteiger partial charge in [-0.3, -0.25) is 19.6 Å². The number of nitrogens with zero attached hydrogens (tertiary/aromatic N) is 3. The van der Waals surface area contributed by atoms with Gasteiger partial charge >= 0.3 is 0 Å². The molecule has 0 aliphatic carbocycles. The average molecular weight is 385 g/mol. The van der Waals surface area contributed by atoms with Gasteiger partial charge in [-0.05, 0) is 36.2 Å². The molecular formula is C23H19N3O3. The van der Waals surface area contributed by atoms with Crippen LogP contribution in [0.1, 0.15) is 28.3 Å². The molecule has 1 unspecified atom stereocenters. The zero-order valence-corrected chi connectivity index (χ0v) is 15.8. The third-order valence-corrected chi connectivity index (χ3v) is 4.96. The Hall–Kier alpha value is -3.80. The monoisotopic (exact) mass is 385 g/mol. The Morgan fingerprint density at radius 1 is 1.00 bits per heavy atom. The highest BCUT2D eigenvalue weighted by Gasteiger charge is 2.46. The highest BCUT2D eigenvalue weighted by molar-refractivity contribution is 6.46. The van der Waals surface area contributed by atoms with Crippen molar-refractivity contribution in [2.75, 3.05) is 0 Å². The molecule has 0 saturated carbocycles. The molecule has 1 aliphatic heterocycles. The summed E-state index contributed by atoms with van der Waals surface area (Å²) in [5.74, 6) is -1.53. The highest BCUT2D eigenvalue weighted by atomic mass is 16.3. The van der Waals surface area contributed by atoms with Crippen LogP contribution in [0.4, 0.5) is 0 Å². The van der Waals surface area contributed by atoms with Gasteiger partial charge in [-0.25, -0.2) is 0 Å². The Morgan fingerprint density at radius 2 is 1.72 bits per heavy atom. The van der Waals surface area contributed by atoms with Gasteiger partial charge < -0.3 is 10.0 Å². The zero-order valence-electron chi connectivity index (χ0n) is 15.8. The molecule has 0 radical (unpaired) electrons. The Labute approximate surface area is 168 Å². The number of aryl methyl sites for hydroxylation is 1. The second-order valence-corrected chi connectivity index (χ2v) is 6.93. The zero-order chi connectivity index (χ0) is 20.4. The number of rotatable bonds is 4. The van der Waals surface area contributed by atoms with E-state index in [4.69, 9.17) is 0 Å². The molecule has 144 valence electrons. The predicted octanol–water partition coefficient (Wildman–Crippen LogP) is 3.41. The molecule has 3 heterocycles. The number of carbonyl (C=O) groups excluding carboxylic acids is 2. The highest BCUT2D eigenvalue weighted by Crippen LogP contribution is 2.40. The first kappa shape index (κ1) is 18.6. The summed E-state index contributed by atoms with van der Waals surface area (Å²) in [6, 6.07) is 13.6. The number of aliphatic hydroxyl groups is 1. The molecule has 2 aromatic heterocycles. The molecule has 1 N–H and O–H groups in total. The molecule has 1 aliphatic rings. The molecular weight excluding hydrogens is 366 g/mol. The maximum absolute atomic E-state index is 12.9. The molecule has 1 fully saturated rings. The van der Waals surface area contributed by atoms with Gasteiger partial charge in [0.1, 0.15) is 5.76 Å². The van der Waals surface area contributed by atoms with Crippen molar-refractivity contribution in [2.45, 2.75) is 19.5 Å². The van der Waals surface area contributed by atoms with Gasteiger partial charge in [0, 0.05) is 36.9 Å². The number of carbonyl (C=O) groups is 2. The fourth-order valence-corrected chi connectivity index (χ4v) is 3.49. The van der Waals surface area contributed by atoms with E-state index in [-0.39, 0.29) is 17.9 Å². The van der Waals surface area contributed by atoms with Crippen molar-refractivity contribution < 1.29 is 14.7 Å². The first-order valence-corrected chi connectivity index (χ1v) is 9.20. The number of hydrogen-bond acceptors (Lipinski definition) is 5. The predicted molar refractivity (Wildman–Crippen MR) is 107 cm³/mol. The maximum atomic E-state index is 12.9. The van der Waals surface area contributed by atoms with Crippen molar-refractivity contribution in [3.63, 3.8) is 0 Å². The van der Waals surface area contributed by atoms with E-state index in [1.54, 1.807) is 55.1 Å². The second-order valence-electron chi connectivity index (χ2n) is 6.93. The summed E-state index contributed by atoms with van der Waals surface area (Å²) < 4.78 is 0. The van der Waals surface area contributed by atoms with Gasteiger partial charge in [0.05, 0.1) is 11.6 Å². The number of benzene rings is 1. The van der Waals surface area contributed by atoms with Crippen molar-refractivity contribution >= 4 is 17.4 Å². The van der Waals surface area contributed by atoms with E-state index in [1.165, 1.54) is 4.90 Å². The van der Waals surface area contributed by atoms with Crippen molar-refractivity contribution in [1.82, 2.24) is 14.9 Å². The van der Waals surface area contributed by atoms with Crippen LogP contribution in [0.15, 0.2) is 78.9 Å². The number of aromatic nitrogens is 2. The first-order valence-electron chi connectivity index (χ1n) is 9.20. The molecule has 29 heavy (non-hydrogen) atoms. The Balaban J connectivity index is 1.85. The van der Waals surface area contributed by atoms with Gasteiger partial charge in [0.2, 0.25) is 0 Å². The van der Waals surface area contributed by atoms with Crippen LogP contribution in [0.25, 0.3) is 5.76 Å². The molecule has 4 rings (SSSR count). The minimum Gasteiger partial charge on any atom is -0.507 e. The van der Waals surface area contributed by atoms with Crippen molar-refractivity contribution in [3.8, 4) is 0 Å². The van der Waals surface area contributed by atoms with Crippen molar-refractivity contribution in [2.24, 2.45) is 0 Å². The number of Topliss-reactive ketones (excluding diaryl/α,β-unsaturated/α-hetero) is 1. The molecule has 1 amide bonds. The summed E-state index contributed by atoms with van der Waals surface area (Å²) in [5, 5.41) is 11.0. The van der Waals surface area contributed by atoms with Gasteiger partial charge in [-0.1, -0.05) is 35.9 Å². The fraction of sp³-hybridized carbons (Fsp3) is 0.130. The Morgan fingerprint density at radius 3 is 2.38 bits per heavy atom. The van der Waals surface area contributed by atoms with E-state index in [0.717, 1.165) is 11.1 Å². The molecule has 0 spiro atoms. The van der Waals surface area contributed by atoms with Crippen LogP contribution in [0.5, 0.6) is 0 Å². The average Bonchev–Trinajstić information content (AvgIpc) is 3.00. The van der Waals surface area contributed by atoms with Gasteiger partial charge in [-0.2, -0.15) is 0 Å². The van der Waals surface area contributed by atoms with Crippen LogP contribution < -0.4 is 0 Å². The van der Waals surface area contributed by atoms with E-state index in [9.17, 15) is 14.7 Å². The van der Waals surface area contributed by atoms with Gasteiger partial charge in [0.15, 0.2) is 0 Å². The summed E-state index contributed by atoms with van der Waals surface area (Å²) in [5.41, 5.74) is 3.10. The van der Waals surface area contributed by atoms with Crippen LogP contribution in [-0.2, 0) is 16.1 Å². The lowest BCUT2D eigenvalue weighted by molar-refractivity contribution is -0.140. The summed E-state index contributed by atoms with van der Waals surface area (Å²) in [6.07, 6.45) is 6.51. The van der Waals surface area contributed by atoms with Crippen molar-refractivity contribution in [1.29, 1.82) is 0 Å². The number of pyridine rings is 2. The summed E-state index contributed by atoms with van der Waals surface area (Å²) in [6.45, 7) is 2.14. The Kier molecular flexibility index (Phi) is 4.91. The van der Waals surface area contributed by atoms with Crippen LogP contribution >= 0.6 is 0 Å². The number of likely N-dealkylation sites (tertiary alicyclic amines) is 1. The first-order chi connectivity index (χ1) is 14.1. The third-order valence-electron chi connectivity index (χ3n) is 4.96. The standard InChI is InChI=1S/C23H19N3O3/c1-15-4-6-18(7-5-15)21(27)19-20(17-8-11-24-12-9-17)26(23(29)22(19)28)14-16-3-2-10-25-13-16/h2-13,20,27H,14H2,1H3/b21-19-. The molecule has 6 heteroatoms. The molecule has 3 aromatic rings. The largest absolute Gasteiger partial charge is 0.507 e. The SMILES string of the molecule is Cc1ccc(/C(O)=C2/C(=O)C(=O)N(Cc3cccnc3)C2c2ccncc2)cc1. The second kappa shape index (κ2) is 7.67. The lowest BCUT2D eigenvalue weighted by Gasteiger charge is -2.25. The number of hydrogen-bond donors (Lipinski definition) is 1. The van der Waals surface area contributed by atoms with E-state index in [1.807, 2.05) is 25.1 Å². The van der Waals surface area contributed by atoms with E-state index in [2.05, 4.69) is 9.97 Å². The molecule has 1 atom stereocenters. The van der Waals surface area contributed by atoms with E-state index < -0.39 is 17.7 Å². The number of ketones is 1. The molecule has 1 aromatic carbocycles. The topological polar surface area (TPSA) is 83.4 Å². The lowest BCUT2D eigenvalue weighted by Crippen LogP contribution is -2.29. The lowest BCUT2D eigenvalue weighted by atomic mass is 9.95. The van der Waals surface area contributed by atoms with Crippen molar-refractivity contribution in [3.05, 3.63) is 101 Å². The minimum absolute atomic E-state index is 0.0777. The van der Waals surface area contributed by atoms with Gasteiger partial charge in [-0.15, -0.1) is 0 Å². The summed E-state index contributed by atoms with van der Waals surface area (Å²) in [7, 11) is 0. The smallest absolute Gasteiger partial charge is 0.295 e. The molecule has 0 bridgehead atoms. The van der Waals surface area contributed by atoms with E-state index in [0.29, 0.717) is 11.1 Å². The molecule has 1 saturated heterocycles. The van der Waals surface area contributed by atoms with Gasteiger partial charge in [0.25, 0.3) is 11.7 Å². The normalized spacial score (nSPS) is 18.2. The summed E-state index contributed by atoms with van der Waals surface area (Å²) >= 11 is 0. The van der Waals surface area contributed by atoms with E-state index >= 15 is 0 Å². The molecule has 6 nitrogen and oxygen atoms in total. The fourth-order valence-electron chi connectivity index (χ4n) is 3.49. The minimum atomic E-state index is -0.709. The maximum Gasteiger partial charge on any atom is 0.295 e. The number of aliphatic hydroxyl groups excluding tert-OH is 1. The third kappa shape index (κ3) is 3.52. The van der Waals surface area contributed by atoms with Crippen LogP contribution in [0, 0.1) is 6.92 Å². The van der Waals surface area contributed by atoms with Crippen LogP contribution in [0.3, 0.4) is 0 Å². The quantitative estimate of drug-likeness (QED) is 0.423.